The summed E-state index contributed by atoms with van der Waals surface area (Å²) in [5.41, 5.74) is 1.38. The second-order valence-electron chi connectivity index (χ2n) is 12.3. The van der Waals surface area contributed by atoms with Crippen molar-refractivity contribution in [2.75, 3.05) is 36.5 Å². The number of H-pyrrole nitrogens is 1. The van der Waals surface area contributed by atoms with Gasteiger partial charge >= 0.3 is 5.76 Å². The number of amides is 1. The van der Waals surface area contributed by atoms with Gasteiger partial charge in [-0.25, -0.2) is 14.8 Å². The minimum Gasteiger partial charge on any atom is -0.387 e. The molecular weight excluding hydrogens is 526 g/mol. The molecule has 0 spiro atoms. The van der Waals surface area contributed by atoms with E-state index in [2.05, 4.69) is 45.7 Å². The largest absolute Gasteiger partial charge is 0.439 e. The monoisotopic (exact) mass is 567 g/mol. The van der Waals surface area contributed by atoms with Crippen LogP contribution in [-0.2, 0) is 11.3 Å². The first-order valence-electron chi connectivity index (χ1n) is 15.1. The fourth-order valence-corrected chi connectivity index (χ4v) is 6.57. The maximum absolute atomic E-state index is 12.2. The summed E-state index contributed by atoms with van der Waals surface area (Å²) in [6.07, 6.45) is 8.37. The van der Waals surface area contributed by atoms with E-state index in [0.717, 1.165) is 36.8 Å². The number of imidazole rings is 1. The molecule has 41 heavy (non-hydrogen) atoms. The van der Waals surface area contributed by atoms with Crippen molar-refractivity contribution >= 4 is 28.8 Å². The summed E-state index contributed by atoms with van der Waals surface area (Å²) >= 11 is 0. The van der Waals surface area contributed by atoms with Crippen LogP contribution >= 0.6 is 0 Å². The van der Waals surface area contributed by atoms with Crippen LogP contribution in [0.15, 0.2) is 9.32 Å². The van der Waals surface area contributed by atoms with Crippen LogP contribution < -0.4 is 16.0 Å². The highest BCUT2D eigenvalue weighted by atomic mass is 16.5. The molecule has 3 aromatic heterocycles. The minimum atomic E-state index is -0.664. The van der Waals surface area contributed by atoms with Crippen molar-refractivity contribution in [1.29, 1.82) is 0 Å². The van der Waals surface area contributed by atoms with Crippen molar-refractivity contribution in [2.24, 2.45) is 17.8 Å². The Hall–Kier alpha value is -3.48. The van der Waals surface area contributed by atoms with Gasteiger partial charge in [0.2, 0.25) is 23.5 Å². The number of nitrogens with zero attached hydrogens (tertiary/aromatic N) is 7. The number of aromatic amines is 1. The molecule has 13 nitrogen and oxygen atoms in total. The normalized spacial score (nSPS) is 24.4. The summed E-state index contributed by atoms with van der Waals surface area (Å²) in [7, 11) is 0. The Labute approximate surface area is 238 Å². The van der Waals surface area contributed by atoms with Crippen molar-refractivity contribution in [3.8, 4) is 11.6 Å². The Bertz CT molecular complexity index is 1440. The van der Waals surface area contributed by atoms with Crippen molar-refractivity contribution in [3.05, 3.63) is 10.6 Å². The Kier molecular flexibility index (Phi) is 7.71. The number of anilines is 2. The highest BCUT2D eigenvalue weighted by molar-refractivity contribution is 5.87. The van der Waals surface area contributed by atoms with E-state index in [-0.39, 0.29) is 29.6 Å². The Morgan fingerprint density at radius 1 is 1.12 bits per heavy atom. The van der Waals surface area contributed by atoms with Gasteiger partial charge in [0.25, 0.3) is 0 Å². The topological polar surface area (TPSA) is 158 Å². The number of carbonyl (C=O) groups is 1. The number of hydrogen-bond acceptors (Lipinski definition) is 10. The van der Waals surface area contributed by atoms with Gasteiger partial charge in [0, 0.05) is 38.3 Å². The van der Waals surface area contributed by atoms with Crippen LogP contribution in [0, 0.1) is 17.8 Å². The number of aliphatic hydroxyl groups is 1. The summed E-state index contributed by atoms with van der Waals surface area (Å²) < 4.78 is 7.04. The predicted molar refractivity (Wildman–Crippen MR) is 153 cm³/mol. The maximum Gasteiger partial charge on any atom is 0.439 e. The molecule has 0 unspecified atom stereocenters. The molecule has 3 fully saturated rings. The van der Waals surface area contributed by atoms with Gasteiger partial charge in [-0.15, -0.1) is 0 Å². The number of hydrogen-bond donors (Lipinski definition) is 3. The van der Waals surface area contributed by atoms with Gasteiger partial charge in [0.15, 0.2) is 11.5 Å². The van der Waals surface area contributed by atoms with Gasteiger partial charge in [0.1, 0.15) is 12.1 Å². The fourth-order valence-electron chi connectivity index (χ4n) is 6.57. The molecule has 3 aromatic rings. The van der Waals surface area contributed by atoms with Crippen LogP contribution in [0.3, 0.4) is 0 Å². The van der Waals surface area contributed by atoms with Gasteiger partial charge in [-0.1, -0.05) is 31.3 Å². The summed E-state index contributed by atoms with van der Waals surface area (Å²) in [5, 5.41) is 16.9. The third-order valence-corrected chi connectivity index (χ3v) is 9.40. The van der Waals surface area contributed by atoms with Crippen LogP contribution in [0.2, 0.25) is 0 Å². The smallest absolute Gasteiger partial charge is 0.387 e. The molecule has 222 valence electrons. The molecule has 0 radical (unpaired) electrons. The first-order valence-corrected chi connectivity index (χ1v) is 15.1. The van der Waals surface area contributed by atoms with E-state index in [1.807, 2.05) is 0 Å². The van der Waals surface area contributed by atoms with Crippen molar-refractivity contribution in [3.63, 3.8) is 0 Å². The van der Waals surface area contributed by atoms with Crippen molar-refractivity contribution in [1.82, 2.24) is 34.6 Å². The summed E-state index contributed by atoms with van der Waals surface area (Å²) in [6.45, 7) is 8.53. The molecule has 4 heterocycles. The van der Waals surface area contributed by atoms with Gasteiger partial charge < -0.3 is 24.8 Å². The van der Waals surface area contributed by atoms with E-state index in [4.69, 9.17) is 19.5 Å². The lowest BCUT2D eigenvalue weighted by atomic mass is 9.80. The second-order valence-corrected chi connectivity index (χ2v) is 12.3. The SMILES string of the molecule is CC1CCC(Cn2c(N3CCN(C(=O)CO)C[C@H]3C)nc3nc(-c4noc(=O)[nH]4)nc(N[C@H](C)C4CCC4)c32)CC1. The second kappa shape index (κ2) is 11.4. The highest BCUT2D eigenvalue weighted by Gasteiger charge is 2.33. The number of carbonyl (C=O) groups excluding carboxylic acids is 1. The average Bonchev–Trinajstić information content (AvgIpc) is 3.52. The molecule has 1 amide bonds. The quantitative estimate of drug-likeness (QED) is 0.369. The summed E-state index contributed by atoms with van der Waals surface area (Å²) in [5.74, 6) is 2.82. The molecule has 1 saturated heterocycles. The third kappa shape index (κ3) is 5.55. The number of rotatable bonds is 8. The Balaban J connectivity index is 1.45. The molecule has 3 aliphatic rings. The molecular formula is C28H41N9O4. The Morgan fingerprint density at radius 3 is 2.54 bits per heavy atom. The van der Waals surface area contributed by atoms with Crippen molar-refractivity contribution < 1.29 is 14.4 Å². The average molecular weight is 568 g/mol. The number of fused-ring (bicyclic) bond motifs is 1. The van der Waals surface area contributed by atoms with Gasteiger partial charge in [0.05, 0.1) is 0 Å². The lowest BCUT2D eigenvalue weighted by Gasteiger charge is -2.40. The lowest BCUT2D eigenvalue weighted by Crippen LogP contribution is -2.55. The minimum absolute atomic E-state index is 0.00850. The number of piperazine rings is 1. The Morgan fingerprint density at radius 2 is 1.90 bits per heavy atom. The molecule has 3 N–H and O–H groups in total. The molecule has 1 aliphatic heterocycles. The van der Waals surface area contributed by atoms with Gasteiger partial charge in [-0.05, 0) is 57.3 Å². The van der Waals surface area contributed by atoms with E-state index in [1.165, 1.54) is 32.1 Å². The maximum atomic E-state index is 12.2. The van der Waals surface area contributed by atoms with E-state index in [0.29, 0.717) is 42.9 Å². The lowest BCUT2D eigenvalue weighted by molar-refractivity contribution is -0.134. The van der Waals surface area contributed by atoms with E-state index in [1.54, 1.807) is 4.90 Å². The number of aromatic nitrogens is 6. The number of nitrogens with one attached hydrogen (secondary N) is 2. The van der Waals surface area contributed by atoms with Crippen LogP contribution in [0.5, 0.6) is 0 Å². The zero-order valence-corrected chi connectivity index (χ0v) is 24.2. The molecule has 0 bridgehead atoms. The van der Waals surface area contributed by atoms with E-state index in [9.17, 15) is 14.7 Å². The summed E-state index contributed by atoms with van der Waals surface area (Å²) in [4.78, 5) is 45.2. The van der Waals surface area contributed by atoms with Crippen LogP contribution in [0.4, 0.5) is 11.8 Å². The zero-order chi connectivity index (χ0) is 28.7. The standard InChI is InChI=1S/C28H41N9O4/c1-16-7-9-19(10-8-16)14-37-22-23(29-18(3)20-5-4-6-20)30-25(26-33-28(40)41-34-26)31-24(22)32-27(37)36-12-11-35(13-17(36)2)21(39)15-38/h16-20,38H,4-15H2,1-3H3,(H,29,30,31)(H,33,34,40)/t16?,17-,18-,19?/m1/s1. The van der Waals surface area contributed by atoms with E-state index < -0.39 is 12.4 Å². The van der Waals surface area contributed by atoms with Crippen LogP contribution in [0.1, 0.15) is 65.7 Å². The third-order valence-electron chi connectivity index (χ3n) is 9.40. The van der Waals surface area contributed by atoms with Crippen LogP contribution in [0.25, 0.3) is 22.8 Å². The molecule has 13 heteroatoms. The molecule has 2 atom stereocenters. The first kappa shape index (κ1) is 27.7. The van der Waals surface area contributed by atoms with Gasteiger partial charge in [-0.3, -0.25) is 14.3 Å². The van der Waals surface area contributed by atoms with E-state index >= 15 is 0 Å². The fraction of sp³-hybridized carbons (Fsp3) is 0.714. The predicted octanol–water partition coefficient (Wildman–Crippen LogP) is 2.63. The zero-order valence-electron chi connectivity index (χ0n) is 24.2. The molecule has 0 aromatic carbocycles. The van der Waals surface area contributed by atoms with Crippen LogP contribution in [-0.4, -0.2) is 83.9 Å². The molecule has 2 aliphatic carbocycles. The molecule has 2 saturated carbocycles. The molecule has 6 rings (SSSR count). The highest BCUT2D eigenvalue weighted by Crippen LogP contribution is 2.37. The van der Waals surface area contributed by atoms with Gasteiger partial charge in [-0.2, -0.15) is 4.98 Å². The van der Waals surface area contributed by atoms with Crippen molar-refractivity contribution in [2.45, 2.75) is 84.3 Å². The first-order chi connectivity index (χ1) is 19.8. The number of aliphatic hydroxyl groups excluding tert-OH is 1. The summed E-state index contributed by atoms with van der Waals surface area (Å²) in [6, 6.07) is 0.200.